The molecule has 3 heteroatoms. The molecule has 0 fully saturated rings. The minimum Gasteiger partial charge on any atom is -0.402 e. The quantitative estimate of drug-likeness (QED) is 0.684. The van der Waals surface area contributed by atoms with Crippen molar-refractivity contribution < 1.29 is 32.7 Å². The molecule has 1 aromatic carbocycles. The zero-order valence-corrected chi connectivity index (χ0v) is 9.21. The van der Waals surface area contributed by atoms with Gasteiger partial charge in [-0.2, -0.15) is 0 Å². The predicted molar refractivity (Wildman–Crippen MR) is 43.4 cm³/mol. The summed E-state index contributed by atoms with van der Waals surface area (Å²) in [6.45, 7) is 0. The van der Waals surface area contributed by atoms with E-state index in [0.29, 0.717) is 0 Å². The van der Waals surface area contributed by atoms with Gasteiger partial charge in [0, 0.05) is 32.7 Å². The number of rotatable bonds is 0. The molecule has 0 spiro atoms. The number of hydrogen-bond acceptors (Lipinski definition) is 1. The summed E-state index contributed by atoms with van der Waals surface area (Å²) < 4.78 is 0. The Morgan fingerprint density at radius 2 is 2.00 bits per heavy atom. The van der Waals surface area contributed by atoms with Crippen molar-refractivity contribution in [2.45, 2.75) is 0 Å². The number of para-hydroxylation sites is 1. The zero-order valence-electron chi connectivity index (χ0n) is 6.37. The second-order valence-corrected chi connectivity index (χ2v) is 2.32. The van der Waals surface area contributed by atoms with Gasteiger partial charge in [0.25, 0.3) is 0 Å². The van der Waals surface area contributed by atoms with Crippen molar-refractivity contribution in [1.82, 2.24) is 4.98 Å². The average Bonchev–Trinajstić information content (AvgIpc) is 2.04. The largest absolute Gasteiger partial charge is 0.402 e. The van der Waals surface area contributed by atoms with Crippen LogP contribution in [0, 0.1) is 6.07 Å². The minimum atomic E-state index is -0.108. The summed E-state index contributed by atoms with van der Waals surface area (Å²) >= 11 is 0. The smallest absolute Gasteiger partial charge is 0.163 e. The second-order valence-electron chi connectivity index (χ2n) is 2.32. The van der Waals surface area contributed by atoms with Crippen LogP contribution < -0.4 is 5.56 Å². The van der Waals surface area contributed by atoms with Crippen LogP contribution in [0.2, 0.25) is 0 Å². The molecular formula is C9H6NOY-. The Labute approximate surface area is 94.9 Å². The van der Waals surface area contributed by atoms with Gasteiger partial charge in [-0.05, 0) is 5.52 Å². The molecule has 12 heavy (non-hydrogen) atoms. The van der Waals surface area contributed by atoms with E-state index in [4.69, 9.17) is 0 Å². The van der Waals surface area contributed by atoms with Crippen molar-refractivity contribution >= 4 is 10.9 Å². The number of H-pyrrole nitrogens is 1. The molecule has 0 unspecified atom stereocenters. The zero-order chi connectivity index (χ0) is 7.68. The van der Waals surface area contributed by atoms with Crippen molar-refractivity contribution in [3.8, 4) is 0 Å². The van der Waals surface area contributed by atoms with Crippen LogP contribution >= 0.6 is 0 Å². The minimum absolute atomic E-state index is 0. The van der Waals surface area contributed by atoms with Gasteiger partial charge in [-0.1, -0.05) is 18.2 Å². The molecule has 0 aliphatic rings. The van der Waals surface area contributed by atoms with Crippen molar-refractivity contribution in [2.75, 3.05) is 0 Å². The summed E-state index contributed by atoms with van der Waals surface area (Å²) in [6.07, 6.45) is 0. The van der Waals surface area contributed by atoms with Crippen molar-refractivity contribution in [1.29, 1.82) is 0 Å². The third kappa shape index (κ3) is 1.82. The maximum atomic E-state index is 10.8. The molecule has 0 bridgehead atoms. The fourth-order valence-electron chi connectivity index (χ4n) is 1.03. The van der Waals surface area contributed by atoms with E-state index in [-0.39, 0.29) is 38.3 Å². The molecule has 57 valence electrons. The molecule has 0 saturated heterocycles. The maximum Gasteiger partial charge on any atom is 0.163 e. The number of aromatic amines is 1. The van der Waals surface area contributed by atoms with Gasteiger partial charge in [0.05, 0.1) is 0 Å². The molecule has 1 heterocycles. The first-order chi connectivity index (χ1) is 5.36. The normalized spacial score (nSPS) is 9.33. The first-order valence-corrected chi connectivity index (χ1v) is 3.36. The van der Waals surface area contributed by atoms with Crippen LogP contribution in [-0.2, 0) is 32.7 Å². The SMILES string of the molecule is O=c1c[c-]c2ccccc2[nH]1.[Y]. The van der Waals surface area contributed by atoms with E-state index in [2.05, 4.69) is 11.1 Å². The van der Waals surface area contributed by atoms with E-state index in [9.17, 15) is 4.79 Å². The first-order valence-electron chi connectivity index (χ1n) is 3.36. The van der Waals surface area contributed by atoms with Crippen LogP contribution in [0.3, 0.4) is 0 Å². The molecule has 1 radical (unpaired) electrons. The number of nitrogens with one attached hydrogen (secondary N) is 1. The Kier molecular flexibility index (Phi) is 3.18. The van der Waals surface area contributed by atoms with Crippen molar-refractivity contribution in [3.05, 3.63) is 46.8 Å². The van der Waals surface area contributed by atoms with Crippen LogP contribution in [0.4, 0.5) is 0 Å². The first kappa shape index (κ1) is 9.62. The van der Waals surface area contributed by atoms with E-state index in [0.717, 1.165) is 10.9 Å². The van der Waals surface area contributed by atoms with Gasteiger partial charge in [0.15, 0.2) is 5.56 Å². The van der Waals surface area contributed by atoms with E-state index in [1.54, 1.807) is 0 Å². The van der Waals surface area contributed by atoms with Crippen molar-refractivity contribution in [3.63, 3.8) is 0 Å². The molecule has 0 aliphatic heterocycles. The second kappa shape index (κ2) is 3.97. The molecule has 0 aliphatic carbocycles. The van der Waals surface area contributed by atoms with E-state index < -0.39 is 0 Å². The Bertz CT molecular complexity index is 435. The Hall–Kier alpha value is -0.466. The van der Waals surface area contributed by atoms with Gasteiger partial charge in [-0.25, -0.2) is 0 Å². The van der Waals surface area contributed by atoms with Crippen LogP contribution in [0.1, 0.15) is 0 Å². The average molecular weight is 233 g/mol. The standard InChI is InChI=1S/C9H6NO.Y/c11-9-6-5-7-3-1-2-4-8(7)10-9;/h1-4,6H,(H,10,11);/q-1;. The molecule has 0 amide bonds. The van der Waals surface area contributed by atoms with Gasteiger partial charge in [-0.3, -0.25) is 0 Å². The molecule has 2 aromatic rings. The third-order valence-corrected chi connectivity index (χ3v) is 1.54. The summed E-state index contributed by atoms with van der Waals surface area (Å²) in [5, 5.41) is 0.937. The number of pyridine rings is 1. The number of hydrogen-bond donors (Lipinski definition) is 1. The third-order valence-electron chi connectivity index (χ3n) is 1.54. The molecular weight excluding hydrogens is 227 g/mol. The fourth-order valence-corrected chi connectivity index (χ4v) is 1.03. The Morgan fingerprint density at radius 1 is 1.25 bits per heavy atom. The van der Waals surface area contributed by atoms with E-state index >= 15 is 0 Å². The molecule has 1 N–H and O–H groups in total. The van der Waals surface area contributed by atoms with Gasteiger partial charge >= 0.3 is 0 Å². The van der Waals surface area contributed by atoms with Crippen LogP contribution in [0.25, 0.3) is 10.9 Å². The van der Waals surface area contributed by atoms with Gasteiger partial charge in [-0.15, -0.1) is 23.6 Å². The topological polar surface area (TPSA) is 32.9 Å². The Balaban J connectivity index is 0.000000720. The van der Waals surface area contributed by atoms with Crippen molar-refractivity contribution in [2.24, 2.45) is 0 Å². The number of aromatic nitrogens is 1. The fraction of sp³-hybridized carbons (Fsp3) is 0. The predicted octanol–water partition coefficient (Wildman–Crippen LogP) is 1.33. The number of benzene rings is 1. The van der Waals surface area contributed by atoms with E-state index in [1.807, 2.05) is 24.3 Å². The maximum absolute atomic E-state index is 10.8. The summed E-state index contributed by atoms with van der Waals surface area (Å²) in [6, 6.07) is 11.8. The molecule has 0 atom stereocenters. The molecule has 1 aromatic heterocycles. The Morgan fingerprint density at radius 3 is 2.83 bits per heavy atom. The molecule has 2 rings (SSSR count). The van der Waals surface area contributed by atoms with Crippen LogP contribution in [0.15, 0.2) is 35.1 Å². The monoisotopic (exact) mass is 233 g/mol. The van der Waals surface area contributed by atoms with Crippen LogP contribution in [-0.4, -0.2) is 4.98 Å². The summed E-state index contributed by atoms with van der Waals surface area (Å²) in [5.74, 6) is 0. The van der Waals surface area contributed by atoms with Gasteiger partial charge < -0.3 is 9.78 Å². The summed E-state index contributed by atoms with van der Waals surface area (Å²) in [5.41, 5.74) is 0.726. The number of fused-ring (bicyclic) bond motifs is 1. The van der Waals surface area contributed by atoms with E-state index in [1.165, 1.54) is 6.07 Å². The summed E-state index contributed by atoms with van der Waals surface area (Å²) in [4.78, 5) is 13.5. The summed E-state index contributed by atoms with van der Waals surface area (Å²) in [7, 11) is 0. The van der Waals surface area contributed by atoms with Gasteiger partial charge in [0.1, 0.15) is 0 Å². The molecule has 2 nitrogen and oxygen atoms in total. The molecule has 0 saturated carbocycles. The van der Waals surface area contributed by atoms with Crippen LogP contribution in [0.5, 0.6) is 0 Å². The van der Waals surface area contributed by atoms with Gasteiger partial charge in [0.2, 0.25) is 0 Å².